The lowest BCUT2D eigenvalue weighted by atomic mass is 10.0. The normalized spacial score (nSPS) is 12.7. The number of rotatable bonds is 4. The molecule has 1 heterocycles. The molecule has 0 radical (unpaired) electrons. The number of nitrogens with one attached hydrogen (secondary N) is 1. The zero-order chi connectivity index (χ0) is 14.0. The van der Waals surface area contributed by atoms with E-state index in [-0.39, 0.29) is 11.9 Å². The Balaban J connectivity index is 2.26. The number of likely N-dealkylation sites (N-methyl/N-ethyl adjacent to an activating group) is 1. The molecular weight excluding hydrogens is 265 g/mol. The highest BCUT2D eigenvalue weighted by Gasteiger charge is 2.16. The predicted molar refractivity (Wildman–Crippen MR) is 74.9 cm³/mol. The second kappa shape index (κ2) is 5.72. The maximum Gasteiger partial charge on any atom is 0.127 e. The van der Waals surface area contributed by atoms with E-state index < -0.39 is 0 Å². The van der Waals surface area contributed by atoms with Gasteiger partial charge in [-0.2, -0.15) is 5.10 Å². The summed E-state index contributed by atoms with van der Waals surface area (Å²) in [5.41, 5.74) is 2.63. The standard InChI is InChI=1S/C14H17ClFN3/c1-9-6-14(19(3)18-9)13(17-2)7-10-4-5-11(15)8-12(10)16/h4-6,8,13,17H,7H2,1-3H3. The monoisotopic (exact) mass is 281 g/mol. The lowest BCUT2D eigenvalue weighted by molar-refractivity contribution is 0.519. The van der Waals surface area contributed by atoms with Crippen LogP contribution in [0.2, 0.25) is 5.02 Å². The molecule has 1 aromatic heterocycles. The average Bonchev–Trinajstić information content (AvgIpc) is 2.68. The van der Waals surface area contributed by atoms with E-state index in [2.05, 4.69) is 10.4 Å². The summed E-state index contributed by atoms with van der Waals surface area (Å²) >= 11 is 5.76. The Labute approximate surface area is 117 Å². The Morgan fingerprint density at radius 3 is 2.68 bits per heavy atom. The minimum Gasteiger partial charge on any atom is -0.311 e. The molecule has 1 N–H and O–H groups in total. The Morgan fingerprint density at radius 2 is 2.16 bits per heavy atom. The third-order valence-corrected chi connectivity index (χ3v) is 3.42. The zero-order valence-electron chi connectivity index (χ0n) is 11.2. The number of hydrogen-bond donors (Lipinski definition) is 1. The number of nitrogens with zero attached hydrogens (tertiary/aromatic N) is 2. The highest BCUT2D eigenvalue weighted by atomic mass is 35.5. The molecule has 0 amide bonds. The zero-order valence-corrected chi connectivity index (χ0v) is 12.0. The van der Waals surface area contributed by atoms with Crippen LogP contribution in [-0.4, -0.2) is 16.8 Å². The summed E-state index contributed by atoms with van der Waals surface area (Å²) in [5.74, 6) is -0.272. The molecule has 2 aromatic rings. The van der Waals surface area contributed by atoms with Gasteiger partial charge in [0.05, 0.1) is 17.4 Å². The number of aryl methyl sites for hydroxylation is 2. The van der Waals surface area contributed by atoms with Gasteiger partial charge in [-0.05, 0) is 44.2 Å². The van der Waals surface area contributed by atoms with Crippen LogP contribution in [0, 0.1) is 12.7 Å². The van der Waals surface area contributed by atoms with Crippen molar-refractivity contribution in [1.29, 1.82) is 0 Å². The number of hydrogen-bond acceptors (Lipinski definition) is 2. The SMILES string of the molecule is CNC(Cc1ccc(Cl)cc1F)c1cc(C)nn1C. The third-order valence-electron chi connectivity index (χ3n) is 3.18. The molecule has 3 nitrogen and oxygen atoms in total. The number of aromatic nitrogens is 2. The van der Waals surface area contributed by atoms with Crippen LogP contribution < -0.4 is 5.32 Å². The van der Waals surface area contributed by atoms with E-state index in [1.165, 1.54) is 6.07 Å². The summed E-state index contributed by atoms with van der Waals surface area (Å²) in [4.78, 5) is 0. The van der Waals surface area contributed by atoms with E-state index in [1.54, 1.807) is 12.1 Å². The van der Waals surface area contributed by atoms with Gasteiger partial charge in [0.25, 0.3) is 0 Å². The van der Waals surface area contributed by atoms with Crippen molar-refractivity contribution in [2.75, 3.05) is 7.05 Å². The first kappa shape index (κ1) is 14.0. The lowest BCUT2D eigenvalue weighted by Crippen LogP contribution is -2.22. The van der Waals surface area contributed by atoms with Gasteiger partial charge in [-0.3, -0.25) is 4.68 Å². The highest BCUT2D eigenvalue weighted by Crippen LogP contribution is 2.22. The fraction of sp³-hybridized carbons (Fsp3) is 0.357. The number of halogens is 2. The van der Waals surface area contributed by atoms with Crippen molar-refractivity contribution in [2.24, 2.45) is 7.05 Å². The molecular formula is C14H17ClFN3. The van der Waals surface area contributed by atoms with E-state index in [0.29, 0.717) is 17.0 Å². The molecule has 0 fully saturated rings. The Morgan fingerprint density at radius 1 is 1.42 bits per heavy atom. The lowest BCUT2D eigenvalue weighted by Gasteiger charge is -2.17. The van der Waals surface area contributed by atoms with Crippen LogP contribution in [0.15, 0.2) is 24.3 Å². The van der Waals surface area contributed by atoms with E-state index in [1.807, 2.05) is 31.8 Å². The fourth-order valence-corrected chi connectivity index (χ4v) is 2.38. The topological polar surface area (TPSA) is 29.9 Å². The fourth-order valence-electron chi connectivity index (χ4n) is 2.22. The molecule has 0 aliphatic rings. The molecule has 1 aromatic carbocycles. The van der Waals surface area contributed by atoms with Gasteiger partial charge < -0.3 is 5.32 Å². The van der Waals surface area contributed by atoms with E-state index in [4.69, 9.17) is 11.6 Å². The molecule has 102 valence electrons. The second-order valence-electron chi connectivity index (χ2n) is 4.62. The molecule has 2 rings (SSSR count). The first-order valence-electron chi connectivity index (χ1n) is 6.13. The first-order chi connectivity index (χ1) is 9.01. The average molecular weight is 282 g/mol. The smallest absolute Gasteiger partial charge is 0.127 e. The minimum absolute atomic E-state index is 0.0156. The molecule has 0 spiro atoms. The maximum absolute atomic E-state index is 13.8. The summed E-state index contributed by atoms with van der Waals surface area (Å²) in [6.45, 7) is 1.94. The summed E-state index contributed by atoms with van der Waals surface area (Å²) < 4.78 is 15.7. The van der Waals surface area contributed by atoms with Crippen LogP contribution in [0.3, 0.4) is 0 Å². The summed E-state index contributed by atoms with van der Waals surface area (Å²) in [6.07, 6.45) is 0.554. The molecule has 0 bridgehead atoms. The van der Waals surface area contributed by atoms with Crippen LogP contribution in [-0.2, 0) is 13.5 Å². The molecule has 0 aliphatic heterocycles. The Bertz CT molecular complexity index is 580. The minimum atomic E-state index is -0.272. The van der Waals surface area contributed by atoms with Crippen molar-refractivity contribution < 1.29 is 4.39 Å². The van der Waals surface area contributed by atoms with Gasteiger partial charge in [0.15, 0.2) is 0 Å². The van der Waals surface area contributed by atoms with Gasteiger partial charge in [0.1, 0.15) is 5.82 Å². The van der Waals surface area contributed by atoms with Gasteiger partial charge >= 0.3 is 0 Å². The van der Waals surface area contributed by atoms with Gasteiger partial charge in [0, 0.05) is 12.1 Å². The van der Waals surface area contributed by atoms with Gasteiger partial charge in [-0.25, -0.2) is 4.39 Å². The van der Waals surface area contributed by atoms with Crippen molar-refractivity contribution in [3.8, 4) is 0 Å². The summed E-state index contributed by atoms with van der Waals surface area (Å²) in [6, 6.07) is 6.81. The Hall–Kier alpha value is -1.39. The molecule has 0 saturated carbocycles. The van der Waals surface area contributed by atoms with E-state index in [0.717, 1.165) is 11.4 Å². The van der Waals surface area contributed by atoms with Crippen LogP contribution in [0.5, 0.6) is 0 Å². The second-order valence-corrected chi connectivity index (χ2v) is 5.05. The molecule has 1 atom stereocenters. The van der Waals surface area contributed by atoms with Crippen molar-refractivity contribution in [3.63, 3.8) is 0 Å². The molecule has 5 heteroatoms. The Kier molecular flexibility index (Phi) is 4.22. The molecule has 0 saturated heterocycles. The van der Waals surface area contributed by atoms with Crippen LogP contribution in [0.1, 0.15) is 23.0 Å². The quantitative estimate of drug-likeness (QED) is 0.934. The predicted octanol–water partition coefficient (Wildman–Crippen LogP) is 3.02. The number of benzene rings is 1. The highest BCUT2D eigenvalue weighted by molar-refractivity contribution is 6.30. The summed E-state index contributed by atoms with van der Waals surface area (Å²) in [5, 5.41) is 7.94. The maximum atomic E-state index is 13.8. The van der Waals surface area contributed by atoms with Gasteiger partial charge in [-0.1, -0.05) is 17.7 Å². The van der Waals surface area contributed by atoms with Gasteiger partial charge in [-0.15, -0.1) is 0 Å². The summed E-state index contributed by atoms with van der Waals surface area (Å²) in [7, 11) is 3.76. The van der Waals surface area contributed by atoms with Crippen molar-refractivity contribution in [1.82, 2.24) is 15.1 Å². The van der Waals surface area contributed by atoms with Crippen molar-refractivity contribution >= 4 is 11.6 Å². The van der Waals surface area contributed by atoms with Crippen molar-refractivity contribution in [3.05, 3.63) is 52.1 Å². The largest absolute Gasteiger partial charge is 0.311 e. The third kappa shape index (κ3) is 3.14. The van der Waals surface area contributed by atoms with Crippen molar-refractivity contribution in [2.45, 2.75) is 19.4 Å². The molecule has 0 aliphatic carbocycles. The van der Waals surface area contributed by atoms with Crippen LogP contribution >= 0.6 is 11.6 Å². The van der Waals surface area contributed by atoms with Crippen LogP contribution in [0.25, 0.3) is 0 Å². The molecule has 1 unspecified atom stereocenters. The van der Waals surface area contributed by atoms with E-state index in [9.17, 15) is 4.39 Å². The van der Waals surface area contributed by atoms with Gasteiger partial charge in [0.2, 0.25) is 0 Å². The first-order valence-corrected chi connectivity index (χ1v) is 6.50. The van der Waals surface area contributed by atoms with Crippen LogP contribution in [0.4, 0.5) is 4.39 Å². The van der Waals surface area contributed by atoms with E-state index >= 15 is 0 Å². The molecule has 19 heavy (non-hydrogen) atoms.